The molecular weight excluding hydrogens is 495 g/mol. The lowest BCUT2D eigenvalue weighted by Gasteiger charge is -2.27. The Hall–Kier alpha value is -3.34. The Balaban J connectivity index is 0.000000148. The minimum Gasteiger partial charge on any atom is -0.508 e. The van der Waals surface area contributed by atoms with E-state index in [1.165, 1.54) is 0 Å². The topological polar surface area (TPSA) is 58.9 Å². The summed E-state index contributed by atoms with van der Waals surface area (Å²) in [5.74, 6) is 2.25. The van der Waals surface area contributed by atoms with Crippen molar-refractivity contribution in [3.8, 4) is 23.0 Å². The highest BCUT2D eigenvalue weighted by atomic mass is 35.5. The number of phenolic OH excluding ortho intramolecular Hbond substituents is 2. The van der Waals surface area contributed by atoms with E-state index in [0.29, 0.717) is 0 Å². The van der Waals surface area contributed by atoms with Crippen LogP contribution in [0.15, 0.2) is 84.9 Å². The van der Waals surface area contributed by atoms with Gasteiger partial charge in [0.05, 0.1) is 0 Å². The van der Waals surface area contributed by atoms with Gasteiger partial charge in [0, 0.05) is 21.2 Å². The molecule has 4 aromatic carbocycles. The molecule has 4 aromatic rings. The van der Waals surface area contributed by atoms with Crippen molar-refractivity contribution in [3.05, 3.63) is 117 Å². The summed E-state index contributed by atoms with van der Waals surface area (Å²) in [6, 6.07) is 26.0. The molecule has 0 saturated heterocycles. The molecule has 2 aliphatic heterocycles. The van der Waals surface area contributed by atoms with Crippen LogP contribution >= 0.6 is 23.2 Å². The molecular formula is C30H26Cl2O4. The van der Waals surface area contributed by atoms with Crippen molar-refractivity contribution in [2.75, 3.05) is 0 Å². The van der Waals surface area contributed by atoms with E-state index in [2.05, 4.69) is 0 Å². The number of benzene rings is 4. The second-order valence-electron chi connectivity index (χ2n) is 8.92. The molecule has 184 valence electrons. The van der Waals surface area contributed by atoms with Gasteiger partial charge in [0.1, 0.15) is 35.2 Å². The van der Waals surface area contributed by atoms with Crippen LogP contribution in [0.25, 0.3) is 0 Å². The number of hydrogen-bond donors (Lipinski definition) is 2. The molecule has 0 amide bonds. The lowest BCUT2D eigenvalue weighted by atomic mass is 9.97. The van der Waals surface area contributed by atoms with Gasteiger partial charge in [-0.05, 0) is 85.3 Å². The fraction of sp³-hybridized carbons (Fsp3) is 0.200. The first-order chi connectivity index (χ1) is 17.5. The second-order valence-corrected chi connectivity index (χ2v) is 9.73. The Morgan fingerprint density at radius 3 is 1.42 bits per heavy atom. The van der Waals surface area contributed by atoms with E-state index < -0.39 is 0 Å². The van der Waals surface area contributed by atoms with Crippen LogP contribution in [0.5, 0.6) is 23.0 Å². The van der Waals surface area contributed by atoms with Crippen LogP contribution in [0, 0.1) is 0 Å². The Morgan fingerprint density at radius 1 is 0.583 bits per heavy atom. The van der Waals surface area contributed by atoms with Gasteiger partial charge in [-0.2, -0.15) is 0 Å². The number of rotatable bonds is 2. The average molecular weight is 521 g/mol. The van der Waals surface area contributed by atoms with Crippen molar-refractivity contribution in [2.45, 2.75) is 37.9 Å². The minimum atomic E-state index is -0.00394. The Kier molecular flexibility index (Phi) is 7.26. The first-order valence-electron chi connectivity index (χ1n) is 11.9. The molecule has 0 aromatic heterocycles. The standard InChI is InChI=1S/2C15H13ClO2/c2*16-13-4-2-1-3-12(13)15-7-5-10-9-11(17)6-8-14(10)18-15/h2*1-4,6,8-9,15,17H,5,7H2. The summed E-state index contributed by atoms with van der Waals surface area (Å²) in [5.41, 5.74) is 4.16. The average Bonchev–Trinajstić information content (AvgIpc) is 2.89. The van der Waals surface area contributed by atoms with E-state index >= 15 is 0 Å². The molecule has 6 rings (SSSR count). The molecule has 2 aliphatic rings. The second kappa shape index (κ2) is 10.7. The maximum atomic E-state index is 9.44. The van der Waals surface area contributed by atoms with E-state index in [-0.39, 0.29) is 23.7 Å². The quantitative estimate of drug-likeness (QED) is 0.279. The van der Waals surface area contributed by atoms with Crippen LogP contribution in [-0.2, 0) is 12.8 Å². The Morgan fingerprint density at radius 2 is 1.00 bits per heavy atom. The molecule has 36 heavy (non-hydrogen) atoms. The van der Waals surface area contributed by atoms with E-state index in [0.717, 1.165) is 69.5 Å². The third kappa shape index (κ3) is 5.40. The maximum Gasteiger partial charge on any atom is 0.125 e. The van der Waals surface area contributed by atoms with Gasteiger partial charge in [-0.25, -0.2) is 0 Å². The van der Waals surface area contributed by atoms with Gasteiger partial charge in [0.25, 0.3) is 0 Å². The van der Waals surface area contributed by atoms with Gasteiger partial charge in [-0.1, -0.05) is 59.6 Å². The molecule has 0 radical (unpaired) electrons. The first kappa shape index (κ1) is 24.4. The predicted octanol–water partition coefficient (Wildman–Crippen LogP) is 8.22. The summed E-state index contributed by atoms with van der Waals surface area (Å²) in [5, 5.41) is 20.4. The summed E-state index contributed by atoms with van der Waals surface area (Å²) in [7, 11) is 0. The van der Waals surface area contributed by atoms with Crippen LogP contribution in [0.1, 0.15) is 47.3 Å². The summed E-state index contributed by atoms with van der Waals surface area (Å²) in [6.45, 7) is 0. The molecule has 4 nitrogen and oxygen atoms in total. The zero-order chi connectivity index (χ0) is 25.1. The largest absolute Gasteiger partial charge is 0.508 e. The van der Waals surface area contributed by atoms with Gasteiger partial charge >= 0.3 is 0 Å². The highest BCUT2D eigenvalue weighted by Gasteiger charge is 2.24. The van der Waals surface area contributed by atoms with Crippen LogP contribution in [0.4, 0.5) is 0 Å². The van der Waals surface area contributed by atoms with Gasteiger partial charge in [-0.3, -0.25) is 0 Å². The highest BCUT2D eigenvalue weighted by molar-refractivity contribution is 6.31. The molecule has 0 aliphatic carbocycles. The lowest BCUT2D eigenvalue weighted by Crippen LogP contribution is -2.15. The molecule has 0 bridgehead atoms. The number of hydrogen-bond acceptors (Lipinski definition) is 4. The normalized spacial score (nSPS) is 17.9. The number of fused-ring (bicyclic) bond motifs is 2. The molecule has 2 atom stereocenters. The predicted molar refractivity (Wildman–Crippen MR) is 142 cm³/mol. The number of ether oxygens (including phenoxy) is 2. The number of aromatic hydroxyl groups is 2. The van der Waals surface area contributed by atoms with Crippen molar-refractivity contribution in [2.24, 2.45) is 0 Å². The smallest absolute Gasteiger partial charge is 0.125 e. The Labute approximate surface area is 220 Å². The minimum absolute atomic E-state index is 0.00394. The third-order valence-electron chi connectivity index (χ3n) is 6.48. The zero-order valence-electron chi connectivity index (χ0n) is 19.5. The highest BCUT2D eigenvalue weighted by Crippen LogP contribution is 2.39. The summed E-state index contributed by atoms with van der Waals surface area (Å²) in [4.78, 5) is 0. The molecule has 2 heterocycles. The van der Waals surface area contributed by atoms with E-state index in [1.807, 2.05) is 60.7 Å². The fourth-order valence-corrected chi connectivity index (χ4v) is 5.18. The SMILES string of the molecule is Oc1ccc2c(c1)CCC(c1ccccc1Cl)O2.Oc1ccc2c(c1)CCC(c1ccccc1Cl)O2. The van der Waals surface area contributed by atoms with Crippen molar-refractivity contribution in [1.82, 2.24) is 0 Å². The van der Waals surface area contributed by atoms with Gasteiger partial charge < -0.3 is 19.7 Å². The lowest BCUT2D eigenvalue weighted by molar-refractivity contribution is 0.176. The molecule has 6 heteroatoms. The summed E-state index contributed by atoms with van der Waals surface area (Å²) >= 11 is 12.4. The Bertz CT molecular complexity index is 1270. The van der Waals surface area contributed by atoms with Crippen LogP contribution < -0.4 is 9.47 Å². The van der Waals surface area contributed by atoms with Crippen molar-refractivity contribution >= 4 is 23.2 Å². The molecule has 2 N–H and O–H groups in total. The van der Waals surface area contributed by atoms with Gasteiger partial charge in [0.15, 0.2) is 0 Å². The first-order valence-corrected chi connectivity index (χ1v) is 12.7. The number of phenols is 2. The maximum absolute atomic E-state index is 9.44. The van der Waals surface area contributed by atoms with Gasteiger partial charge in [-0.15, -0.1) is 0 Å². The fourth-order valence-electron chi connectivity index (χ4n) is 4.66. The molecule has 0 saturated carbocycles. The van der Waals surface area contributed by atoms with Crippen molar-refractivity contribution in [3.63, 3.8) is 0 Å². The summed E-state index contributed by atoms with van der Waals surface area (Å²) < 4.78 is 11.9. The molecule has 0 fully saturated rings. The summed E-state index contributed by atoms with van der Waals surface area (Å²) in [6.07, 6.45) is 3.52. The van der Waals surface area contributed by atoms with Crippen LogP contribution in [0.2, 0.25) is 10.0 Å². The number of aryl methyl sites for hydroxylation is 2. The third-order valence-corrected chi connectivity index (χ3v) is 7.17. The molecule has 0 spiro atoms. The molecule has 2 unspecified atom stereocenters. The monoisotopic (exact) mass is 520 g/mol. The number of halogens is 2. The van der Waals surface area contributed by atoms with Gasteiger partial charge in [0.2, 0.25) is 0 Å². The van der Waals surface area contributed by atoms with E-state index in [4.69, 9.17) is 32.7 Å². The van der Waals surface area contributed by atoms with Crippen molar-refractivity contribution in [1.29, 1.82) is 0 Å². The zero-order valence-corrected chi connectivity index (χ0v) is 21.0. The van der Waals surface area contributed by atoms with E-state index in [9.17, 15) is 10.2 Å². The van der Waals surface area contributed by atoms with Crippen molar-refractivity contribution < 1.29 is 19.7 Å². The van der Waals surface area contributed by atoms with E-state index in [1.54, 1.807) is 24.3 Å². The van der Waals surface area contributed by atoms with Crippen LogP contribution in [0.3, 0.4) is 0 Å². The van der Waals surface area contributed by atoms with Crippen LogP contribution in [-0.4, -0.2) is 10.2 Å².